The maximum atomic E-state index is 5.23. The van der Waals surface area contributed by atoms with E-state index >= 15 is 0 Å². The fourth-order valence-corrected chi connectivity index (χ4v) is 1.24. The Kier molecular flexibility index (Phi) is 2.91. The van der Waals surface area contributed by atoms with E-state index in [1.54, 1.807) is 7.11 Å². The smallest absolute Gasteiger partial charge is 0.140 e. The van der Waals surface area contributed by atoms with Crippen LogP contribution in [0.25, 0.3) is 0 Å². The summed E-state index contributed by atoms with van der Waals surface area (Å²) in [6.45, 7) is 6.59. The van der Waals surface area contributed by atoms with Gasteiger partial charge >= 0.3 is 0 Å². The van der Waals surface area contributed by atoms with Gasteiger partial charge in [-0.3, -0.25) is 4.98 Å². The van der Waals surface area contributed by atoms with Crippen LogP contribution in [0.2, 0.25) is 0 Å². The summed E-state index contributed by atoms with van der Waals surface area (Å²) in [7, 11) is 1.68. The molecule has 0 radical (unpaired) electrons. The first-order chi connectivity index (χ1) is 6.03. The van der Waals surface area contributed by atoms with Crippen molar-refractivity contribution in [2.24, 2.45) is 5.41 Å². The van der Waals surface area contributed by atoms with Crippen LogP contribution in [0, 0.1) is 5.41 Å². The van der Waals surface area contributed by atoms with E-state index in [9.17, 15) is 0 Å². The Bertz CT molecular complexity index is 276. The molecule has 0 aliphatic rings. The molecule has 72 valence electrons. The normalized spacial score (nSPS) is 11.4. The maximum Gasteiger partial charge on any atom is 0.140 e. The van der Waals surface area contributed by atoms with Gasteiger partial charge in [0.1, 0.15) is 5.75 Å². The summed E-state index contributed by atoms with van der Waals surface area (Å²) in [5, 5.41) is 0. The molecule has 0 aromatic carbocycles. The zero-order valence-corrected chi connectivity index (χ0v) is 8.79. The lowest BCUT2D eigenvalue weighted by molar-refractivity contribution is 0.373. The second-order valence-corrected chi connectivity index (χ2v) is 4.39. The molecule has 0 N–H and O–H groups in total. The summed E-state index contributed by atoms with van der Waals surface area (Å²) in [5.74, 6) is 0.887. The highest BCUT2D eigenvalue weighted by Gasteiger charge is 2.14. The monoisotopic (exact) mass is 179 g/mol. The summed E-state index contributed by atoms with van der Waals surface area (Å²) >= 11 is 0. The lowest BCUT2D eigenvalue weighted by Gasteiger charge is -2.18. The van der Waals surface area contributed by atoms with Gasteiger partial charge in [0.2, 0.25) is 0 Å². The molecule has 0 fully saturated rings. The molecular formula is C11H17NO. The van der Waals surface area contributed by atoms with Crippen molar-refractivity contribution in [1.82, 2.24) is 4.98 Å². The van der Waals surface area contributed by atoms with Gasteiger partial charge in [-0.1, -0.05) is 20.8 Å². The van der Waals surface area contributed by atoms with Gasteiger partial charge in [0.25, 0.3) is 0 Å². The third-order valence-electron chi connectivity index (χ3n) is 1.77. The predicted molar refractivity (Wildman–Crippen MR) is 53.9 cm³/mol. The molecule has 0 saturated heterocycles. The zero-order chi connectivity index (χ0) is 9.90. The van der Waals surface area contributed by atoms with Crippen molar-refractivity contribution in [1.29, 1.82) is 0 Å². The van der Waals surface area contributed by atoms with Crippen molar-refractivity contribution in [3.05, 3.63) is 24.0 Å². The highest BCUT2D eigenvalue weighted by atomic mass is 16.5. The average Bonchev–Trinajstić information content (AvgIpc) is 2.02. The molecule has 0 atom stereocenters. The molecule has 0 saturated carbocycles. The molecule has 1 rings (SSSR count). The molecule has 1 heterocycles. The van der Waals surface area contributed by atoms with Gasteiger partial charge in [-0.15, -0.1) is 0 Å². The molecule has 2 heteroatoms. The number of rotatable bonds is 2. The van der Waals surface area contributed by atoms with Crippen LogP contribution in [0.1, 0.15) is 26.5 Å². The Morgan fingerprint density at radius 1 is 1.38 bits per heavy atom. The minimum absolute atomic E-state index is 0.252. The van der Waals surface area contributed by atoms with Crippen molar-refractivity contribution >= 4 is 0 Å². The van der Waals surface area contributed by atoms with Crippen molar-refractivity contribution in [3.8, 4) is 5.75 Å². The van der Waals surface area contributed by atoms with Crippen molar-refractivity contribution in [3.63, 3.8) is 0 Å². The van der Waals surface area contributed by atoms with Gasteiger partial charge in [-0.05, 0) is 24.0 Å². The van der Waals surface area contributed by atoms with Crippen molar-refractivity contribution in [2.45, 2.75) is 27.2 Å². The SMILES string of the molecule is COc1cccnc1CC(C)(C)C. The van der Waals surface area contributed by atoms with E-state index in [4.69, 9.17) is 4.74 Å². The number of nitrogens with zero attached hydrogens (tertiary/aromatic N) is 1. The second-order valence-electron chi connectivity index (χ2n) is 4.39. The number of methoxy groups -OCH3 is 1. The lowest BCUT2D eigenvalue weighted by atomic mass is 9.90. The topological polar surface area (TPSA) is 22.1 Å². The molecule has 2 nitrogen and oxygen atoms in total. The molecule has 13 heavy (non-hydrogen) atoms. The van der Waals surface area contributed by atoms with Crippen LogP contribution in [-0.4, -0.2) is 12.1 Å². The molecule has 1 aromatic rings. The number of aromatic nitrogens is 1. The molecule has 0 aliphatic heterocycles. The van der Waals surface area contributed by atoms with Gasteiger partial charge in [0, 0.05) is 6.20 Å². The summed E-state index contributed by atoms with van der Waals surface area (Å²) in [4.78, 5) is 4.31. The Hall–Kier alpha value is -1.05. The van der Waals surface area contributed by atoms with E-state index in [1.165, 1.54) is 0 Å². The van der Waals surface area contributed by atoms with E-state index in [1.807, 2.05) is 18.3 Å². The third kappa shape index (κ3) is 3.05. The number of hydrogen-bond acceptors (Lipinski definition) is 2. The highest BCUT2D eigenvalue weighted by Crippen LogP contribution is 2.24. The highest BCUT2D eigenvalue weighted by molar-refractivity contribution is 5.27. The largest absolute Gasteiger partial charge is 0.495 e. The lowest BCUT2D eigenvalue weighted by Crippen LogP contribution is -2.11. The second kappa shape index (κ2) is 3.77. The fraction of sp³-hybridized carbons (Fsp3) is 0.545. The van der Waals surface area contributed by atoms with Gasteiger partial charge in [0.15, 0.2) is 0 Å². The van der Waals surface area contributed by atoms with E-state index in [2.05, 4.69) is 25.8 Å². The fourth-order valence-electron chi connectivity index (χ4n) is 1.24. The van der Waals surface area contributed by atoms with Crippen LogP contribution in [0.4, 0.5) is 0 Å². The number of ether oxygens (including phenoxy) is 1. The summed E-state index contributed by atoms with van der Waals surface area (Å²) in [6.07, 6.45) is 2.75. The van der Waals surface area contributed by atoms with Gasteiger partial charge in [0.05, 0.1) is 12.8 Å². The Labute approximate surface area is 80.0 Å². The van der Waals surface area contributed by atoms with E-state index < -0.39 is 0 Å². The molecule has 0 aliphatic carbocycles. The Balaban J connectivity index is 2.87. The molecule has 0 bridgehead atoms. The van der Waals surface area contributed by atoms with Crippen LogP contribution in [-0.2, 0) is 6.42 Å². The van der Waals surface area contributed by atoms with E-state index in [0.29, 0.717) is 0 Å². The Morgan fingerprint density at radius 2 is 2.08 bits per heavy atom. The number of pyridine rings is 1. The van der Waals surface area contributed by atoms with E-state index in [-0.39, 0.29) is 5.41 Å². The summed E-state index contributed by atoms with van der Waals surface area (Å²) < 4.78 is 5.23. The van der Waals surface area contributed by atoms with Crippen LogP contribution in [0.15, 0.2) is 18.3 Å². The van der Waals surface area contributed by atoms with E-state index in [0.717, 1.165) is 17.9 Å². The quantitative estimate of drug-likeness (QED) is 0.696. The summed E-state index contributed by atoms with van der Waals surface area (Å²) in [5.41, 5.74) is 1.29. The summed E-state index contributed by atoms with van der Waals surface area (Å²) in [6, 6.07) is 3.85. The van der Waals surface area contributed by atoms with Gasteiger partial charge < -0.3 is 4.74 Å². The predicted octanol–water partition coefficient (Wildman–Crippen LogP) is 2.68. The van der Waals surface area contributed by atoms with Gasteiger partial charge in [-0.25, -0.2) is 0 Å². The van der Waals surface area contributed by atoms with Crippen LogP contribution in [0.5, 0.6) is 5.75 Å². The van der Waals surface area contributed by atoms with Gasteiger partial charge in [-0.2, -0.15) is 0 Å². The molecule has 0 spiro atoms. The standard InChI is InChI=1S/C11H17NO/c1-11(2,3)8-9-10(13-4)6-5-7-12-9/h5-7H,8H2,1-4H3. The third-order valence-corrected chi connectivity index (χ3v) is 1.77. The first-order valence-electron chi connectivity index (χ1n) is 4.51. The molecule has 0 unspecified atom stereocenters. The molecular weight excluding hydrogens is 162 g/mol. The number of hydrogen-bond donors (Lipinski definition) is 0. The first kappa shape index (κ1) is 10.0. The first-order valence-corrected chi connectivity index (χ1v) is 4.51. The zero-order valence-electron chi connectivity index (χ0n) is 8.79. The maximum absolute atomic E-state index is 5.23. The molecule has 0 amide bonds. The van der Waals surface area contributed by atoms with Crippen LogP contribution in [0.3, 0.4) is 0 Å². The average molecular weight is 179 g/mol. The minimum atomic E-state index is 0.252. The van der Waals surface area contributed by atoms with Crippen molar-refractivity contribution < 1.29 is 4.74 Å². The minimum Gasteiger partial charge on any atom is -0.495 e. The van der Waals surface area contributed by atoms with Crippen molar-refractivity contribution in [2.75, 3.05) is 7.11 Å². The molecule has 1 aromatic heterocycles. The van der Waals surface area contributed by atoms with Crippen LogP contribution >= 0.6 is 0 Å². The Morgan fingerprint density at radius 3 is 2.62 bits per heavy atom. The van der Waals surface area contributed by atoms with Crippen LogP contribution < -0.4 is 4.74 Å².